The Balaban J connectivity index is 2.39. The highest BCUT2D eigenvalue weighted by Crippen LogP contribution is 2.23. The Kier molecular flexibility index (Phi) is 5.92. The van der Waals surface area contributed by atoms with Crippen molar-refractivity contribution in [2.24, 2.45) is 5.41 Å². The van der Waals surface area contributed by atoms with Crippen molar-refractivity contribution in [2.45, 2.75) is 58.6 Å². The molecule has 0 aromatic carbocycles. The molecule has 8 nitrogen and oxygen atoms in total. The first-order chi connectivity index (χ1) is 9.70. The Hall–Kier alpha value is -1.86. The summed E-state index contributed by atoms with van der Waals surface area (Å²) >= 11 is 0. The van der Waals surface area contributed by atoms with Crippen LogP contribution in [0.25, 0.3) is 0 Å². The first-order valence-electron chi connectivity index (χ1n) is 6.96. The van der Waals surface area contributed by atoms with Crippen LogP contribution in [-0.4, -0.2) is 35.7 Å². The minimum Gasteiger partial charge on any atom is -0.465 e. The van der Waals surface area contributed by atoms with Crippen LogP contribution in [0.1, 0.15) is 46.5 Å². The van der Waals surface area contributed by atoms with Gasteiger partial charge in [0.2, 0.25) is 5.91 Å². The summed E-state index contributed by atoms with van der Waals surface area (Å²) in [5.74, 6) is -0.615. The molecule has 1 rings (SSSR count). The Labute approximate surface area is 123 Å². The molecule has 0 atom stereocenters. The molecule has 0 aromatic heterocycles. The second kappa shape index (κ2) is 7.24. The van der Waals surface area contributed by atoms with Gasteiger partial charge in [0, 0.05) is 13.0 Å². The van der Waals surface area contributed by atoms with Gasteiger partial charge in [-0.25, -0.2) is 0 Å². The Bertz CT molecular complexity index is 401. The van der Waals surface area contributed by atoms with Crippen molar-refractivity contribution < 1.29 is 24.3 Å². The lowest BCUT2D eigenvalue weighted by Crippen LogP contribution is -2.47. The molecular formula is C13H22N2O6. The number of rotatable bonds is 6. The molecule has 1 fully saturated rings. The monoisotopic (exact) mass is 302 g/mol. The lowest BCUT2D eigenvalue weighted by Gasteiger charge is -2.31. The van der Waals surface area contributed by atoms with Crippen molar-refractivity contribution >= 4 is 11.9 Å². The molecule has 21 heavy (non-hydrogen) atoms. The highest BCUT2D eigenvalue weighted by Gasteiger charge is 2.32. The quantitative estimate of drug-likeness (QED) is 0.449. The summed E-state index contributed by atoms with van der Waals surface area (Å²) in [6, 6.07) is -0.0271. The van der Waals surface area contributed by atoms with E-state index in [1.807, 2.05) is 0 Å². The molecular weight excluding hydrogens is 280 g/mol. The first kappa shape index (κ1) is 17.2. The average Bonchev–Trinajstić information content (AvgIpc) is 2.38. The Morgan fingerprint density at radius 3 is 2.33 bits per heavy atom. The number of carbonyl (C=O) groups is 2. The van der Waals surface area contributed by atoms with Gasteiger partial charge < -0.3 is 14.9 Å². The molecule has 0 heterocycles. The molecule has 1 amide bonds. The lowest BCUT2D eigenvalue weighted by molar-refractivity contribution is -0.769. The SMILES string of the molecule is CC(=O)OCC(C)(C)C(=O)N[C@H]1CC[C@H](O[N+](=O)[O-])CC1. The number of carbonyl (C=O) groups excluding carboxylic acids is 2. The standard InChI is InChI=1S/C13H22N2O6/c1-9(16)20-8-13(2,3)12(17)14-10-4-6-11(7-5-10)21-15(18)19/h10-11H,4-8H2,1-3H3,(H,14,17)/t10-,11-. The number of hydrogen-bond acceptors (Lipinski definition) is 6. The second-order valence-corrected chi connectivity index (χ2v) is 5.94. The summed E-state index contributed by atoms with van der Waals surface area (Å²) < 4.78 is 4.88. The number of esters is 1. The van der Waals surface area contributed by atoms with Gasteiger partial charge in [0.05, 0.1) is 5.41 Å². The largest absolute Gasteiger partial charge is 0.465 e. The molecule has 0 unspecified atom stereocenters. The van der Waals surface area contributed by atoms with E-state index in [0.29, 0.717) is 25.7 Å². The number of nitrogens with zero attached hydrogens (tertiary/aromatic N) is 1. The molecule has 1 saturated carbocycles. The van der Waals surface area contributed by atoms with Gasteiger partial charge in [0.25, 0.3) is 5.09 Å². The van der Waals surface area contributed by atoms with Crippen molar-refractivity contribution in [3.05, 3.63) is 10.1 Å². The fourth-order valence-electron chi connectivity index (χ4n) is 2.16. The molecule has 0 saturated heterocycles. The van der Waals surface area contributed by atoms with E-state index in [1.165, 1.54) is 6.92 Å². The van der Waals surface area contributed by atoms with E-state index in [4.69, 9.17) is 4.74 Å². The highest BCUT2D eigenvalue weighted by atomic mass is 17.0. The molecule has 0 radical (unpaired) electrons. The number of amides is 1. The number of hydrogen-bond donors (Lipinski definition) is 1. The first-order valence-corrected chi connectivity index (χ1v) is 6.96. The summed E-state index contributed by atoms with van der Waals surface area (Å²) in [6.07, 6.45) is 1.95. The minimum atomic E-state index is -0.806. The van der Waals surface area contributed by atoms with Crippen LogP contribution in [0.15, 0.2) is 0 Å². The van der Waals surface area contributed by atoms with Crippen molar-refractivity contribution in [3.63, 3.8) is 0 Å². The Morgan fingerprint density at radius 2 is 1.86 bits per heavy atom. The van der Waals surface area contributed by atoms with E-state index in [0.717, 1.165) is 0 Å². The van der Waals surface area contributed by atoms with Crippen molar-refractivity contribution in [3.8, 4) is 0 Å². The molecule has 1 aliphatic carbocycles. The third kappa shape index (κ3) is 5.97. The van der Waals surface area contributed by atoms with Crippen LogP contribution in [0, 0.1) is 15.5 Å². The van der Waals surface area contributed by atoms with Crippen molar-refractivity contribution in [2.75, 3.05) is 6.61 Å². The maximum absolute atomic E-state index is 12.2. The van der Waals surface area contributed by atoms with Crippen molar-refractivity contribution in [1.29, 1.82) is 0 Å². The number of ether oxygens (including phenoxy) is 1. The maximum Gasteiger partial charge on any atom is 0.302 e. The van der Waals surface area contributed by atoms with Gasteiger partial charge in [-0.2, -0.15) is 0 Å². The van der Waals surface area contributed by atoms with Gasteiger partial charge in [-0.1, -0.05) is 0 Å². The topological polar surface area (TPSA) is 108 Å². The van der Waals surface area contributed by atoms with Gasteiger partial charge in [0.1, 0.15) is 12.7 Å². The lowest BCUT2D eigenvalue weighted by atomic mass is 9.89. The van der Waals surface area contributed by atoms with Gasteiger partial charge in [-0.15, -0.1) is 10.1 Å². The van der Waals surface area contributed by atoms with E-state index >= 15 is 0 Å². The van der Waals surface area contributed by atoms with Gasteiger partial charge in [-0.05, 0) is 39.5 Å². The van der Waals surface area contributed by atoms with E-state index < -0.39 is 16.5 Å². The highest BCUT2D eigenvalue weighted by molar-refractivity contribution is 5.82. The molecule has 0 aliphatic heterocycles. The predicted octanol–water partition coefficient (Wildman–Crippen LogP) is 1.21. The van der Waals surface area contributed by atoms with Crippen LogP contribution in [0.2, 0.25) is 0 Å². The van der Waals surface area contributed by atoms with E-state index in [1.54, 1.807) is 13.8 Å². The molecule has 120 valence electrons. The fourth-order valence-corrected chi connectivity index (χ4v) is 2.16. The van der Waals surface area contributed by atoms with Crippen LogP contribution in [0.4, 0.5) is 0 Å². The maximum atomic E-state index is 12.2. The third-order valence-electron chi connectivity index (χ3n) is 3.50. The van der Waals surface area contributed by atoms with E-state index in [2.05, 4.69) is 10.2 Å². The summed E-state index contributed by atoms with van der Waals surface area (Å²) in [5, 5.41) is 12.4. The Morgan fingerprint density at radius 1 is 1.29 bits per heavy atom. The van der Waals surface area contributed by atoms with Crippen LogP contribution in [0.3, 0.4) is 0 Å². The minimum absolute atomic E-state index is 0.0218. The second-order valence-electron chi connectivity index (χ2n) is 5.94. The zero-order valence-corrected chi connectivity index (χ0v) is 12.6. The van der Waals surface area contributed by atoms with Gasteiger partial charge >= 0.3 is 5.97 Å². The van der Waals surface area contributed by atoms with Crippen LogP contribution >= 0.6 is 0 Å². The fraction of sp³-hybridized carbons (Fsp3) is 0.846. The van der Waals surface area contributed by atoms with Crippen LogP contribution in [-0.2, 0) is 19.2 Å². The summed E-state index contributed by atoms with van der Waals surface area (Å²) in [6.45, 7) is 4.72. The van der Waals surface area contributed by atoms with Crippen LogP contribution in [0.5, 0.6) is 0 Å². The molecule has 8 heteroatoms. The normalized spacial score (nSPS) is 22.2. The average molecular weight is 302 g/mol. The summed E-state index contributed by atoms with van der Waals surface area (Å²) in [7, 11) is 0. The van der Waals surface area contributed by atoms with Crippen molar-refractivity contribution in [1.82, 2.24) is 5.32 Å². The summed E-state index contributed by atoms with van der Waals surface area (Å²) in [5.41, 5.74) is -0.806. The molecule has 1 aliphatic rings. The zero-order valence-electron chi connectivity index (χ0n) is 12.6. The van der Waals surface area contributed by atoms with Gasteiger partial charge in [0.15, 0.2) is 0 Å². The molecule has 1 N–H and O–H groups in total. The third-order valence-corrected chi connectivity index (χ3v) is 3.50. The summed E-state index contributed by atoms with van der Waals surface area (Å²) in [4.78, 5) is 37.8. The van der Waals surface area contributed by atoms with Crippen LogP contribution < -0.4 is 5.32 Å². The predicted molar refractivity (Wildman–Crippen MR) is 72.7 cm³/mol. The smallest absolute Gasteiger partial charge is 0.302 e. The van der Waals surface area contributed by atoms with E-state index in [9.17, 15) is 19.7 Å². The molecule has 0 aromatic rings. The molecule has 0 spiro atoms. The zero-order chi connectivity index (χ0) is 16.0. The molecule has 0 bridgehead atoms. The van der Waals surface area contributed by atoms with E-state index in [-0.39, 0.29) is 24.7 Å². The number of nitrogens with one attached hydrogen (secondary N) is 1. The van der Waals surface area contributed by atoms with Gasteiger partial charge in [-0.3, -0.25) is 9.59 Å².